The summed E-state index contributed by atoms with van der Waals surface area (Å²) in [4.78, 5) is 16.0. The Labute approximate surface area is 347 Å². The molecule has 1 atom stereocenters. The summed E-state index contributed by atoms with van der Waals surface area (Å²) in [7, 11) is 0. The van der Waals surface area contributed by atoms with Crippen LogP contribution in [0.1, 0.15) is 29.0 Å². The van der Waals surface area contributed by atoms with E-state index in [2.05, 4.69) is 182 Å². The van der Waals surface area contributed by atoms with Crippen LogP contribution in [0.5, 0.6) is 0 Å². The molecule has 0 aliphatic heterocycles. The first-order valence-electron chi connectivity index (χ1n) is 20.7. The van der Waals surface area contributed by atoms with Gasteiger partial charge in [-0.15, -0.1) is 0 Å². The minimum absolute atomic E-state index is 0.109. The highest BCUT2D eigenvalue weighted by Crippen LogP contribution is 2.46. The number of para-hydroxylation sites is 1. The van der Waals surface area contributed by atoms with Crippen molar-refractivity contribution in [2.24, 2.45) is 0 Å². The zero-order chi connectivity index (χ0) is 39.6. The molecule has 0 spiro atoms. The van der Waals surface area contributed by atoms with Gasteiger partial charge in [0.25, 0.3) is 0 Å². The van der Waals surface area contributed by atoms with Gasteiger partial charge in [0.1, 0.15) is 11.2 Å². The summed E-state index contributed by atoms with van der Waals surface area (Å²) in [6.07, 6.45) is 1.90. The maximum atomic E-state index is 6.75. The van der Waals surface area contributed by atoms with Crippen LogP contribution in [-0.2, 0) is 6.42 Å². The Bertz CT molecular complexity index is 3430. The van der Waals surface area contributed by atoms with Crippen molar-refractivity contribution in [3.63, 3.8) is 0 Å². The summed E-state index contributed by atoms with van der Waals surface area (Å²) in [5.74, 6) is 1.98. The molecular weight excluding hydrogens is 731 g/mol. The Morgan fingerprint density at radius 1 is 0.400 bits per heavy atom. The second-order valence-corrected chi connectivity index (χ2v) is 15.9. The summed E-state index contributed by atoms with van der Waals surface area (Å²) in [5.41, 5.74) is 13.3. The van der Waals surface area contributed by atoms with Crippen molar-refractivity contribution in [3.05, 3.63) is 211 Å². The van der Waals surface area contributed by atoms with E-state index < -0.39 is 0 Å². The number of hydrogen-bond acceptors (Lipinski definition) is 4. The first-order chi connectivity index (χ1) is 29.7. The molecule has 4 heteroatoms. The Morgan fingerprint density at radius 3 is 1.87 bits per heavy atom. The molecule has 60 heavy (non-hydrogen) atoms. The van der Waals surface area contributed by atoms with Gasteiger partial charge in [-0.05, 0) is 97.6 Å². The number of aryl methyl sites for hydroxylation is 1. The van der Waals surface area contributed by atoms with E-state index in [9.17, 15) is 0 Å². The first-order valence-corrected chi connectivity index (χ1v) is 20.7. The quantitative estimate of drug-likeness (QED) is 0.175. The van der Waals surface area contributed by atoms with Crippen molar-refractivity contribution >= 4 is 43.5 Å². The Balaban J connectivity index is 1.09. The highest BCUT2D eigenvalue weighted by molar-refractivity contribution is 6.12. The molecule has 1 aliphatic carbocycles. The lowest BCUT2D eigenvalue weighted by Gasteiger charge is -2.20. The molecule has 12 rings (SSSR count). The number of rotatable bonds is 5. The van der Waals surface area contributed by atoms with Crippen molar-refractivity contribution in [1.82, 2.24) is 15.0 Å². The summed E-state index contributed by atoms with van der Waals surface area (Å²) in [6, 6.07) is 69.1. The van der Waals surface area contributed by atoms with Gasteiger partial charge in [0.05, 0.1) is 0 Å². The standard InChI is InChI=1S/C56H37N3O/c1-2-13-35(14-3-1)36-25-27-38(28-26-36)54-57-55(47-23-12-18-37-15-6-7-19-43(37)47)59-56(58-54)50-33-42(34-52-53(50)48-22-10-11-24-51(48)60-52)44-30-29-41-31-39-16-4-5-17-40(39)32-49(41)46-21-9-8-20-45(44)46/h1-28,31-34,44H,29-30H2. The smallest absolute Gasteiger partial charge is 0.164 e. The lowest BCUT2D eigenvalue weighted by molar-refractivity contribution is 0.665. The second kappa shape index (κ2) is 14.0. The van der Waals surface area contributed by atoms with Crippen LogP contribution in [-0.4, -0.2) is 15.0 Å². The highest BCUT2D eigenvalue weighted by Gasteiger charge is 2.27. The molecule has 1 aliphatic rings. The predicted octanol–water partition coefficient (Wildman–Crippen LogP) is 14.5. The van der Waals surface area contributed by atoms with E-state index >= 15 is 0 Å². The molecule has 0 amide bonds. The maximum Gasteiger partial charge on any atom is 0.164 e. The molecule has 0 saturated carbocycles. The maximum absolute atomic E-state index is 6.75. The Kier molecular flexibility index (Phi) is 8.02. The number of benzene rings is 9. The van der Waals surface area contributed by atoms with E-state index in [-0.39, 0.29) is 5.92 Å². The van der Waals surface area contributed by atoms with Crippen LogP contribution in [0.2, 0.25) is 0 Å². The van der Waals surface area contributed by atoms with Crippen LogP contribution in [0, 0.1) is 0 Å². The SMILES string of the molecule is c1ccc(-c2ccc(-c3nc(-c4cccc5ccccc45)nc(-c4cc(C5CCc6cc7ccccc7cc6-c6ccccc65)cc5oc6ccccc6c45)n3)cc2)cc1. The minimum atomic E-state index is 0.109. The fourth-order valence-electron chi connectivity index (χ4n) is 9.45. The van der Waals surface area contributed by atoms with Gasteiger partial charge in [-0.3, -0.25) is 0 Å². The van der Waals surface area contributed by atoms with Gasteiger partial charge >= 0.3 is 0 Å². The molecule has 4 nitrogen and oxygen atoms in total. The lowest BCUT2D eigenvalue weighted by atomic mass is 9.84. The number of nitrogens with zero attached hydrogens (tertiary/aromatic N) is 3. The van der Waals surface area contributed by atoms with Crippen LogP contribution in [0.25, 0.3) is 99.9 Å². The summed E-state index contributed by atoms with van der Waals surface area (Å²) < 4.78 is 6.75. The zero-order valence-electron chi connectivity index (χ0n) is 32.7. The van der Waals surface area contributed by atoms with Crippen LogP contribution in [0.3, 0.4) is 0 Å². The summed E-state index contributed by atoms with van der Waals surface area (Å²) >= 11 is 0. The lowest BCUT2D eigenvalue weighted by Crippen LogP contribution is -2.04. The largest absolute Gasteiger partial charge is 0.456 e. The van der Waals surface area contributed by atoms with E-state index in [1.54, 1.807) is 0 Å². The van der Waals surface area contributed by atoms with Crippen LogP contribution in [0.4, 0.5) is 0 Å². The second-order valence-electron chi connectivity index (χ2n) is 15.9. The van der Waals surface area contributed by atoms with Gasteiger partial charge in [0, 0.05) is 33.4 Å². The van der Waals surface area contributed by atoms with Crippen molar-refractivity contribution in [1.29, 1.82) is 0 Å². The van der Waals surface area contributed by atoms with Gasteiger partial charge in [-0.1, -0.05) is 170 Å². The molecule has 2 aromatic heterocycles. The minimum Gasteiger partial charge on any atom is -0.456 e. The monoisotopic (exact) mass is 767 g/mol. The molecule has 0 bridgehead atoms. The Hall–Kier alpha value is -7.69. The molecule has 0 radical (unpaired) electrons. The number of hydrogen-bond donors (Lipinski definition) is 0. The average Bonchev–Trinajstić information content (AvgIpc) is 3.62. The summed E-state index contributed by atoms with van der Waals surface area (Å²) in [5, 5.41) is 6.81. The molecular formula is C56H37N3O. The fraction of sp³-hybridized carbons (Fsp3) is 0.0536. The highest BCUT2D eigenvalue weighted by atomic mass is 16.3. The third-order valence-electron chi connectivity index (χ3n) is 12.4. The van der Waals surface area contributed by atoms with Gasteiger partial charge < -0.3 is 4.42 Å². The fourth-order valence-corrected chi connectivity index (χ4v) is 9.45. The van der Waals surface area contributed by atoms with Crippen molar-refractivity contribution in [2.45, 2.75) is 18.8 Å². The molecule has 282 valence electrons. The normalized spacial score (nSPS) is 13.7. The van der Waals surface area contributed by atoms with Crippen LogP contribution in [0.15, 0.2) is 199 Å². The van der Waals surface area contributed by atoms with Gasteiger partial charge in [-0.25, -0.2) is 15.0 Å². The topological polar surface area (TPSA) is 51.8 Å². The molecule has 0 saturated heterocycles. The van der Waals surface area contributed by atoms with Crippen LogP contribution >= 0.6 is 0 Å². The van der Waals surface area contributed by atoms with Crippen molar-refractivity contribution < 1.29 is 4.42 Å². The number of fused-ring (bicyclic) bond motifs is 8. The van der Waals surface area contributed by atoms with Crippen molar-refractivity contribution in [2.75, 3.05) is 0 Å². The predicted molar refractivity (Wildman–Crippen MR) is 246 cm³/mol. The molecule has 11 aromatic rings. The van der Waals surface area contributed by atoms with E-state index in [0.717, 1.165) is 67.8 Å². The van der Waals surface area contributed by atoms with Gasteiger partial charge in [0.2, 0.25) is 0 Å². The molecule has 2 heterocycles. The molecule has 1 unspecified atom stereocenters. The summed E-state index contributed by atoms with van der Waals surface area (Å²) in [6.45, 7) is 0. The van der Waals surface area contributed by atoms with E-state index in [4.69, 9.17) is 19.4 Å². The molecule has 9 aromatic carbocycles. The van der Waals surface area contributed by atoms with Gasteiger partial charge in [0.15, 0.2) is 17.5 Å². The van der Waals surface area contributed by atoms with E-state index in [1.807, 2.05) is 12.1 Å². The molecule has 0 N–H and O–H groups in total. The average molecular weight is 768 g/mol. The van der Waals surface area contributed by atoms with Crippen molar-refractivity contribution in [3.8, 4) is 56.4 Å². The third-order valence-corrected chi connectivity index (χ3v) is 12.4. The van der Waals surface area contributed by atoms with E-state index in [0.29, 0.717) is 17.5 Å². The first kappa shape index (κ1) is 34.4. The molecule has 0 fully saturated rings. The number of aromatic nitrogens is 3. The zero-order valence-corrected chi connectivity index (χ0v) is 32.7. The van der Waals surface area contributed by atoms with Crippen LogP contribution < -0.4 is 0 Å². The van der Waals surface area contributed by atoms with E-state index in [1.165, 1.54) is 44.2 Å². The third kappa shape index (κ3) is 5.79. The van der Waals surface area contributed by atoms with Gasteiger partial charge in [-0.2, -0.15) is 0 Å². The Morgan fingerprint density at radius 2 is 1.02 bits per heavy atom. The number of furan rings is 1.